The largest absolute Gasteiger partial charge is 0.480 e. The van der Waals surface area contributed by atoms with E-state index in [1.807, 2.05) is 6.92 Å². The second-order valence-corrected chi connectivity index (χ2v) is 13.2. The number of nitrogens with one attached hydrogen (secondary N) is 2. The molecule has 8 N–H and O–H groups in total. The zero-order valence-electron chi connectivity index (χ0n) is 28.9. The summed E-state index contributed by atoms with van der Waals surface area (Å²) in [7, 11) is 0. The lowest BCUT2D eigenvalue weighted by Gasteiger charge is -2.33. The molecular weight excluding hydrogens is 696 g/mol. The normalized spacial score (nSPS) is 17.0. The molecule has 20 heteroatoms. The summed E-state index contributed by atoms with van der Waals surface area (Å²) in [6.07, 6.45) is 1.46. The van der Waals surface area contributed by atoms with E-state index in [9.17, 15) is 39.3 Å². The van der Waals surface area contributed by atoms with E-state index in [1.54, 1.807) is 19.6 Å². The fourth-order valence-electron chi connectivity index (χ4n) is 5.24. The van der Waals surface area contributed by atoms with E-state index < -0.39 is 46.9 Å². The Morgan fingerprint density at radius 3 is 1.59 bits per heavy atom. The van der Waals surface area contributed by atoms with Gasteiger partial charge < -0.3 is 34.9 Å². The van der Waals surface area contributed by atoms with Gasteiger partial charge >= 0.3 is 17.9 Å². The molecule has 51 heavy (non-hydrogen) atoms. The second-order valence-electron chi connectivity index (χ2n) is 12.1. The van der Waals surface area contributed by atoms with Crippen molar-refractivity contribution in [3.63, 3.8) is 0 Å². The van der Waals surface area contributed by atoms with Gasteiger partial charge in [0.1, 0.15) is 11.8 Å². The average Bonchev–Trinajstić information content (AvgIpc) is 3.03. The molecule has 0 saturated carbocycles. The van der Waals surface area contributed by atoms with Crippen LogP contribution in [0.1, 0.15) is 25.3 Å². The lowest BCUT2D eigenvalue weighted by molar-refractivity contribution is -0.140. The first-order valence-electron chi connectivity index (χ1n) is 16.6. The molecule has 0 spiro atoms. The quantitative estimate of drug-likeness (QED) is 0.0792. The minimum absolute atomic E-state index is 0.0304. The average molecular weight is 749 g/mol. The lowest BCUT2D eigenvalue weighted by atomic mass is 10.0. The van der Waals surface area contributed by atoms with Gasteiger partial charge in [-0.2, -0.15) is 0 Å². The van der Waals surface area contributed by atoms with Crippen LogP contribution in [0, 0.1) is 0 Å². The first-order valence-corrected chi connectivity index (χ1v) is 18.0. The summed E-state index contributed by atoms with van der Waals surface area (Å²) < 4.78 is 37.6. The van der Waals surface area contributed by atoms with Gasteiger partial charge in [0, 0.05) is 78.5 Å². The second kappa shape index (κ2) is 23.1. The Morgan fingerprint density at radius 2 is 1.18 bits per heavy atom. The maximum atomic E-state index is 13.5. The summed E-state index contributed by atoms with van der Waals surface area (Å²) in [5.41, 5.74) is 0.584. The van der Waals surface area contributed by atoms with Crippen LogP contribution in [0.2, 0.25) is 0 Å². The van der Waals surface area contributed by atoms with Crippen LogP contribution in [0.15, 0.2) is 24.3 Å². The van der Waals surface area contributed by atoms with Crippen molar-refractivity contribution in [2.24, 2.45) is 0 Å². The molecule has 0 aliphatic carbocycles. The number of rotatable bonds is 20. The van der Waals surface area contributed by atoms with E-state index in [0.717, 1.165) is 6.42 Å². The van der Waals surface area contributed by atoms with Crippen molar-refractivity contribution in [1.82, 2.24) is 30.2 Å². The van der Waals surface area contributed by atoms with Crippen LogP contribution in [0.4, 0.5) is 0 Å². The molecule has 2 rings (SSSR count). The number of carboxylic acid groups (broad SMARTS) is 3. The van der Waals surface area contributed by atoms with Crippen molar-refractivity contribution in [2.45, 2.75) is 32.2 Å². The van der Waals surface area contributed by atoms with Crippen LogP contribution >= 0.6 is 11.2 Å². The van der Waals surface area contributed by atoms with Crippen LogP contribution in [-0.4, -0.2) is 183 Å². The summed E-state index contributed by atoms with van der Waals surface area (Å²) >= 11 is -4.24. The fraction of sp³-hybridized carbons (Fsp3) is 0.645. The van der Waals surface area contributed by atoms with Gasteiger partial charge in [-0.25, -0.2) is 0 Å². The Bertz CT molecular complexity index is 1220. The zero-order valence-corrected chi connectivity index (χ0v) is 29.7. The number of carbonyl (C=O) groups excluding carboxylic acids is 2. The Hall–Kier alpha value is -3.60. The van der Waals surface area contributed by atoms with E-state index in [4.69, 9.17) is 18.4 Å². The minimum Gasteiger partial charge on any atom is -0.480 e. The SMILES string of the molecule is CCCOCCCNC(=O)[C@@H](Cc1ccc(OS(O)(O)O)cc1)NC(=O)CN1CCN(CC(=O)O)CCN(CC(=O)O)CCN(CC(=O)O)CC1. The molecular formula is C31H52N6O13S. The number of nitrogens with zero attached hydrogens (tertiary/aromatic N) is 4. The van der Waals surface area contributed by atoms with Gasteiger partial charge in [0.2, 0.25) is 11.8 Å². The van der Waals surface area contributed by atoms with Gasteiger partial charge in [0.15, 0.2) is 0 Å². The monoisotopic (exact) mass is 748 g/mol. The van der Waals surface area contributed by atoms with E-state index in [0.29, 0.717) is 31.7 Å². The smallest absolute Gasteiger partial charge is 0.317 e. The highest BCUT2D eigenvalue weighted by Gasteiger charge is 2.25. The van der Waals surface area contributed by atoms with Gasteiger partial charge in [-0.1, -0.05) is 19.1 Å². The molecule has 1 fully saturated rings. The van der Waals surface area contributed by atoms with Crippen LogP contribution in [0.3, 0.4) is 0 Å². The number of carboxylic acids is 3. The molecule has 1 heterocycles. The topological polar surface area (TPSA) is 262 Å². The number of aliphatic carboxylic acids is 3. The highest BCUT2D eigenvalue weighted by molar-refractivity contribution is 8.15. The Kier molecular flexibility index (Phi) is 19.7. The maximum Gasteiger partial charge on any atom is 0.317 e. The number of amides is 2. The molecule has 0 aromatic heterocycles. The van der Waals surface area contributed by atoms with Crippen molar-refractivity contribution in [3.8, 4) is 5.75 Å². The van der Waals surface area contributed by atoms with Crippen molar-refractivity contribution < 1.29 is 61.9 Å². The molecule has 1 aromatic rings. The third-order valence-corrected chi connectivity index (χ3v) is 8.13. The van der Waals surface area contributed by atoms with Gasteiger partial charge in [0.05, 0.1) is 26.2 Å². The maximum absolute atomic E-state index is 13.5. The van der Waals surface area contributed by atoms with E-state index >= 15 is 0 Å². The minimum atomic E-state index is -4.24. The molecule has 19 nitrogen and oxygen atoms in total. The van der Waals surface area contributed by atoms with Crippen LogP contribution in [0.25, 0.3) is 0 Å². The predicted octanol–water partition coefficient (Wildman–Crippen LogP) is -0.360. The molecule has 1 aliphatic rings. The first kappa shape index (κ1) is 43.6. The number of benzene rings is 1. The van der Waals surface area contributed by atoms with Crippen molar-refractivity contribution in [2.75, 3.05) is 98.3 Å². The number of hydrogen-bond acceptors (Lipinski definition) is 14. The Balaban J connectivity index is 2.20. The lowest BCUT2D eigenvalue weighted by Crippen LogP contribution is -2.53. The summed E-state index contributed by atoms with van der Waals surface area (Å²) in [5, 5.41) is 33.9. The molecule has 0 radical (unpaired) electrons. The molecule has 1 atom stereocenters. The molecule has 0 unspecified atom stereocenters. The summed E-state index contributed by atoms with van der Waals surface area (Å²) in [6, 6.07) is 4.77. The van der Waals surface area contributed by atoms with Crippen LogP contribution in [0.5, 0.6) is 5.75 Å². The standard InChI is InChI=1S/C31H52N6O13S/c1-2-17-49-18-3-8-32-31(45)26(19-24-4-6-25(7-5-24)50-51(46,47)48)33-27(38)20-34-9-11-35(21-28(39)40)13-15-37(23-30(43)44)16-14-36(12-10-34)22-29(41)42/h4-7,26,46-48H,2-3,8-23H2,1H3,(H,32,45)(H,33,38)(H,39,40)(H,41,42)(H,43,44)/t26-/m1/s1. The fourth-order valence-corrected chi connectivity index (χ4v) is 5.61. The van der Waals surface area contributed by atoms with Crippen molar-refractivity contribution >= 4 is 40.9 Å². The van der Waals surface area contributed by atoms with Crippen LogP contribution in [-0.2, 0) is 35.1 Å². The molecule has 0 bridgehead atoms. The number of ether oxygens (including phenoxy) is 1. The first-order chi connectivity index (χ1) is 24.1. The van der Waals surface area contributed by atoms with Gasteiger partial charge in [-0.05, 0) is 30.5 Å². The highest BCUT2D eigenvalue weighted by Crippen LogP contribution is 2.35. The summed E-state index contributed by atoms with van der Waals surface area (Å²) in [5.74, 6) is -4.20. The molecule has 2 amide bonds. The molecule has 1 aliphatic heterocycles. The summed E-state index contributed by atoms with van der Waals surface area (Å²) in [4.78, 5) is 68.0. The van der Waals surface area contributed by atoms with E-state index in [1.165, 1.54) is 24.3 Å². The van der Waals surface area contributed by atoms with Gasteiger partial charge in [0.25, 0.3) is 11.2 Å². The molecule has 1 aromatic carbocycles. The van der Waals surface area contributed by atoms with Crippen LogP contribution < -0.4 is 14.8 Å². The van der Waals surface area contributed by atoms with Gasteiger partial charge in [-0.15, -0.1) is 0 Å². The van der Waals surface area contributed by atoms with Crippen molar-refractivity contribution in [1.29, 1.82) is 0 Å². The third-order valence-electron chi connectivity index (χ3n) is 7.71. The molecule has 290 valence electrons. The Labute approximate surface area is 298 Å². The number of carbonyl (C=O) groups is 5. The number of hydrogen-bond donors (Lipinski definition) is 8. The third kappa shape index (κ3) is 20.1. The van der Waals surface area contributed by atoms with E-state index in [2.05, 4.69) is 14.8 Å². The Morgan fingerprint density at radius 1 is 0.725 bits per heavy atom. The summed E-state index contributed by atoms with van der Waals surface area (Å²) in [6.45, 7) is 4.03. The zero-order chi connectivity index (χ0) is 37.8. The van der Waals surface area contributed by atoms with Crippen molar-refractivity contribution in [3.05, 3.63) is 29.8 Å². The predicted molar refractivity (Wildman–Crippen MR) is 186 cm³/mol. The highest BCUT2D eigenvalue weighted by atomic mass is 32.3. The molecule has 1 saturated heterocycles. The van der Waals surface area contributed by atoms with Gasteiger partial charge in [-0.3, -0.25) is 57.2 Å². The van der Waals surface area contributed by atoms with E-state index in [-0.39, 0.29) is 90.7 Å².